The molecule has 2 aromatic rings. The topological polar surface area (TPSA) is 55.2 Å². The molecule has 0 radical (unpaired) electrons. The van der Waals surface area contributed by atoms with Gasteiger partial charge in [-0.1, -0.05) is 42.5 Å². The van der Waals surface area contributed by atoms with Gasteiger partial charge < -0.3 is 5.32 Å². The van der Waals surface area contributed by atoms with Crippen LogP contribution in [-0.2, 0) is 13.0 Å². The lowest BCUT2D eigenvalue weighted by molar-refractivity contribution is -0.385. The fourth-order valence-electron chi connectivity index (χ4n) is 1.94. The van der Waals surface area contributed by atoms with Gasteiger partial charge >= 0.3 is 0 Å². The van der Waals surface area contributed by atoms with E-state index in [2.05, 4.69) is 33.4 Å². The van der Waals surface area contributed by atoms with Crippen molar-refractivity contribution in [3.05, 3.63) is 74.2 Å². The molecule has 0 aliphatic carbocycles. The largest absolute Gasteiger partial charge is 0.312 e. The molecule has 0 bridgehead atoms. The molecule has 0 spiro atoms. The Balaban J connectivity index is 1.88. The molecule has 2 rings (SSSR count). The maximum absolute atomic E-state index is 10.8. The number of nitro benzene ring substituents is 1. The Labute approximate surface area is 126 Å². The zero-order valence-corrected chi connectivity index (χ0v) is 12.5. The van der Waals surface area contributed by atoms with Gasteiger partial charge in [0.25, 0.3) is 5.69 Å². The van der Waals surface area contributed by atoms with Gasteiger partial charge in [-0.25, -0.2) is 0 Å². The average molecular weight is 335 g/mol. The molecule has 0 amide bonds. The number of benzene rings is 2. The van der Waals surface area contributed by atoms with Gasteiger partial charge in [0.2, 0.25) is 0 Å². The summed E-state index contributed by atoms with van der Waals surface area (Å²) in [5.74, 6) is 0. The maximum atomic E-state index is 10.8. The number of nitrogens with one attached hydrogen (secondary N) is 1. The molecular weight excluding hydrogens is 320 g/mol. The van der Waals surface area contributed by atoms with Crippen molar-refractivity contribution in [3.8, 4) is 0 Å². The van der Waals surface area contributed by atoms with Gasteiger partial charge in [-0.15, -0.1) is 0 Å². The third-order valence-electron chi connectivity index (χ3n) is 3.00. The van der Waals surface area contributed by atoms with E-state index in [-0.39, 0.29) is 10.6 Å². The second-order valence-electron chi connectivity index (χ2n) is 4.42. The maximum Gasteiger partial charge on any atom is 0.283 e. The molecule has 20 heavy (non-hydrogen) atoms. The summed E-state index contributed by atoms with van der Waals surface area (Å²) in [5.41, 5.74) is 2.28. The normalized spacial score (nSPS) is 10.4. The molecule has 0 aliphatic heterocycles. The minimum atomic E-state index is -0.377. The molecule has 5 heteroatoms. The molecule has 0 aromatic heterocycles. The van der Waals surface area contributed by atoms with E-state index in [1.54, 1.807) is 6.07 Å². The molecule has 0 fully saturated rings. The summed E-state index contributed by atoms with van der Waals surface area (Å²) in [6, 6.07) is 15.3. The second kappa shape index (κ2) is 7.17. The average Bonchev–Trinajstić information content (AvgIpc) is 2.46. The SMILES string of the molecule is O=[N+]([O-])c1cccc(CNCCc2ccccc2)c1Br. The third kappa shape index (κ3) is 3.88. The van der Waals surface area contributed by atoms with Crippen LogP contribution in [0.5, 0.6) is 0 Å². The Morgan fingerprint density at radius 1 is 1.10 bits per heavy atom. The predicted octanol–water partition coefficient (Wildman–Crippen LogP) is 3.69. The number of hydrogen-bond acceptors (Lipinski definition) is 3. The Hall–Kier alpha value is -1.72. The first-order valence-electron chi connectivity index (χ1n) is 6.35. The number of halogens is 1. The van der Waals surface area contributed by atoms with E-state index in [0.717, 1.165) is 18.5 Å². The van der Waals surface area contributed by atoms with Crippen LogP contribution in [0.1, 0.15) is 11.1 Å². The predicted molar refractivity (Wildman–Crippen MR) is 82.6 cm³/mol. The Bertz CT molecular complexity index is 588. The van der Waals surface area contributed by atoms with E-state index < -0.39 is 0 Å². The molecule has 0 aliphatic rings. The molecule has 1 N–H and O–H groups in total. The molecule has 0 unspecified atom stereocenters. The molecule has 4 nitrogen and oxygen atoms in total. The van der Waals surface area contributed by atoms with Crippen molar-refractivity contribution in [2.75, 3.05) is 6.54 Å². The number of nitrogens with zero attached hydrogens (tertiary/aromatic N) is 1. The van der Waals surface area contributed by atoms with Gasteiger partial charge in [0.1, 0.15) is 0 Å². The quantitative estimate of drug-likeness (QED) is 0.498. The van der Waals surface area contributed by atoms with Crippen molar-refractivity contribution in [1.29, 1.82) is 0 Å². The van der Waals surface area contributed by atoms with Crippen LogP contribution in [0.3, 0.4) is 0 Å². The lowest BCUT2D eigenvalue weighted by Gasteiger charge is -2.07. The van der Waals surface area contributed by atoms with Crippen LogP contribution in [0.2, 0.25) is 0 Å². The number of rotatable bonds is 6. The van der Waals surface area contributed by atoms with Gasteiger partial charge in [-0.05, 0) is 40.0 Å². The third-order valence-corrected chi connectivity index (χ3v) is 3.92. The first-order chi connectivity index (χ1) is 9.68. The molecule has 0 saturated carbocycles. The Morgan fingerprint density at radius 2 is 1.85 bits per heavy atom. The summed E-state index contributed by atoms with van der Waals surface area (Å²) < 4.78 is 0.553. The van der Waals surface area contributed by atoms with E-state index >= 15 is 0 Å². The van der Waals surface area contributed by atoms with Crippen LogP contribution >= 0.6 is 15.9 Å². The van der Waals surface area contributed by atoms with Crippen LogP contribution in [0.25, 0.3) is 0 Å². The van der Waals surface area contributed by atoms with Gasteiger partial charge in [0.15, 0.2) is 0 Å². The first-order valence-corrected chi connectivity index (χ1v) is 7.14. The van der Waals surface area contributed by atoms with E-state index in [1.165, 1.54) is 11.6 Å². The molecule has 104 valence electrons. The summed E-state index contributed by atoms with van der Waals surface area (Å²) in [4.78, 5) is 10.5. The second-order valence-corrected chi connectivity index (χ2v) is 5.21. The zero-order chi connectivity index (χ0) is 14.4. The minimum Gasteiger partial charge on any atom is -0.312 e. The van der Waals surface area contributed by atoms with E-state index in [9.17, 15) is 10.1 Å². The van der Waals surface area contributed by atoms with Crippen LogP contribution in [0.15, 0.2) is 53.0 Å². The Morgan fingerprint density at radius 3 is 2.55 bits per heavy atom. The highest BCUT2D eigenvalue weighted by molar-refractivity contribution is 9.10. The lowest BCUT2D eigenvalue weighted by Crippen LogP contribution is -2.17. The molecule has 0 saturated heterocycles. The molecule has 0 heterocycles. The van der Waals surface area contributed by atoms with Gasteiger partial charge in [-0.3, -0.25) is 10.1 Å². The minimum absolute atomic E-state index is 0.104. The number of nitro groups is 1. The van der Waals surface area contributed by atoms with E-state index in [1.807, 2.05) is 24.3 Å². The summed E-state index contributed by atoms with van der Waals surface area (Å²) >= 11 is 3.30. The van der Waals surface area contributed by atoms with Crippen LogP contribution < -0.4 is 5.32 Å². The molecule has 0 atom stereocenters. The van der Waals surface area contributed by atoms with Crippen LogP contribution in [0.4, 0.5) is 5.69 Å². The van der Waals surface area contributed by atoms with Crippen molar-refractivity contribution in [1.82, 2.24) is 5.32 Å². The summed E-state index contributed by atoms with van der Waals surface area (Å²) in [6.07, 6.45) is 0.938. The highest BCUT2D eigenvalue weighted by atomic mass is 79.9. The van der Waals surface area contributed by atoms with E-state index in [0.29, 0.717) is 11.0 Å². The van der Waals surface area contributed by atoms with Crippen LogP contribution in [-0.4, -0.2) is 11.5 Å². The van der Waals surface area contributed by atoms with Gasteiger partial charge in [-0.2, -0.15) is 0 Å². The zero-order valence-electron chi connectivity index (χ0n) is 10.9. The fraction of sp³-hybridized carbons (Fsp3) is 0.200. The lowest BCUT2D eigenvalue weighted by atomic mass is 10.1. The Kier molecular flexibility index (Phi) is 5.26. The highest BCUT2D eigenvalue weighted by Crippen LogP contribution is 2.28. The van der Waals surface area contributed by atoms with Crippen molar-refractivity contribution in [3.63, 3.8) is 0 Å². The van der Waals surface area contributed by atoms with Gasteiger partial charge in [0.05, 0.1) is 9.40 Å². The highest BCUT2D eigenvalue weighted by Gasteiger charge is 2.14. The van der Waals surface area contributed by atoms with Gasteiger partial charge in [0, 0.05) is 12.6 Å². The number of hydrogen-bond donors (Lipinski definition) is 1. The summed E-state index contributed by atoms with van der Waals surface area (Å²) in [7, 11) is 0. The van der Waals surface area contributed by atoms with Crippen LogP contribution in [0, 0.1) is 10.1 Å². The van der Waals surface area contributed by atoms with E-state index in [4.69, 9.17) is 0 Å². The van der Waals surface area contributed by atoms with Crippen molar-refractivity contribution in [2.45, 2.75) is 13.0 Å². The summed E-state index contributed by atoms with van der Waals surface area (Å²) in [5, 5.41) is 14.1. The fourth-order valence-corrected chi connectivity index (χ4v) is 2.49. The molecule has 2 aromatic carbocycles. The summed E-state index contributed by atoms with van der Waals surface area (Å²) in [6.45, 7) is 1.44. The van der Waals surface area contributed by atoms with Crippen molar-refractivity contribution >= 4 is 21.6 Å². The monoisotopic (exact) mass is 334 g/mol. The molecular formula is C15H15BrN2O2. The van der Waals surface area contributed by atoms with Crippen molar-refractivity contribution < 1.29 is 4.92 Å². The first kappa shape index (κ1) is 14.7. The standard InChI is InChI=1S/C15H15BrN2O2/c16-15-13(7-4-8-14(15)18(19)20)11-17-10-9-12-5-2-1-3-6-12/h1-8,17H,9-11H2. The van der Waals surface area contributed by atoms with Crippen molar-refractivity contribution in [2.24, 2.45) is 0 Å². The smallest absolute Gasteiger partial charge is 0.283 e.